The molecule has 4 nitrogen and oxygen atoms in total. The minimum atomic E-state index is 0.0834. The number of carbonyl (C=O) groups excluding carboxylic acids is 1. The van der Waals surface area contributed by atoms with Gasteiger partial charge in [0.15, 0.2) is 0 Å². The van der Waals surface area contributed by atoms with Crippen molar-refractivity contribution in [2.75, 3.05) is 19.8 Å². The second kappa shape index (κ2) is 6.44. The van der Waals surface area contributed by atoms with Crippen molar-refractivity contribution in [1.82, 2.24) is 4.90 Å². The second-order valence-electron chi connectivity index (χ2n) is 4.34. The van der Waals surface area contributed by atoms with E-state index in [0.29, 0.717) is 5.75 Å². The maximum atomic E-state index is 11.4. The largest absolute Gasteiger partial charge is 0.384 e. The van der Waals surface area contributed by atoms with E-state index in [9.17, 15) is 4.79 Å². The van der Waals surface area contributed by atoms with Crippen LogP contribution in [0.4, 0.5) is 0 Å². The zero-order chi connectivity index (χ0) is 13.7. The van der Waals surface area contributed by atoms with Gasteiger partial charge in [-0.05, 0) is 24.1 Å². The predicted octanol–water partition coefficient (Wildman–Crippen LogP) is 1.60. The zero-order valence-electron chi connectivity index (χ0n) is 11.0. The lowest BCUT2D eigenvalue weighted by atomic mass is 10.1. The van der Waals surface area contributed by atoms with Crippen LogP contribution >= 0.6 is 11.8 Å². The Bertz CT molecular complexity index is 458. The third kappa shape index (κ3) is 4.07. The third-order valence-electron chi connectivity index (χ3n) is 2.64. The van der Waals surface area contributed by atoms with E-state index >= 15 is 0 Å². The van der Waals surface area contributed by atoms with Gasteiger partial charge in [-0.15, -0.1) is 11.8 Å². The topological polar surface area (TPSA) is 70.2 Å². The molecule has 1 aromatic rings. The van der Waals surface area contributed by atoms with Crippen molar-refractivity contribution >= 4 is 23.5 Å². The van der Waals surface area contributed by atoms with E-state index in [1.807, 2.05) is 25.1 Å². The Hall–Kier alpha value is -1.49. The van der Waals surface area contributed by atoms with E-state index in [4.69, 9.17) is 11.1 Å². The van der Waals surface area contributed by atoms with Crippen molar-refractivity contribution in [3.63, 3.8) is 0 Å². The minimum absolute atomic E-state index is 0.0834. The number of nitrogens with one attached hydrogen (secondary N) is 1. The molecular weight excluding hydrogens is 246 g/mol. The Balaban J connectivity index is 2.58. The van der Waals surface area contributed by atoms with Crippen molar-refractivity contribution < 1.29 is 4.79 Å². The van der Waals surface area contributed by atoms with Crippen LogP contribution in [0.25, 0.3) is 0 Å². The summed E-state index contributed by atoms with van der Waals surface area (Å²) in [6.45, 7) is 2.00. The quantitative estimate of drug-likeness (QED) is 0.627. The van der Waals surface area contributed by atoms with Gasteiger partial charge < -0.3 is 10.6 Å². The van der Waals surface area contributed by atoms with Gasteiger partial charge in [-0.2, -0.15) is 0 Å². The molecule has 0 aliphatic rings. The number of amidine groups is 1. The molecule has 0 bridgehead atoms. The Kier molecular flexibility index (Phi) is 5.22. The highest BCUT2D eigenvalue weighted by molar-refractivity contribution is 7.99. The monoisotopic (exact) mass is 265 g/mol. The molecule has 0 heterocycles. The summed E-state index contributed by atoms with van der Waals surface area (Å²) in [7, 11) is 3.52. The van der Waals surface area contributed by atoms with Crippen LogP contribution in [0.1, 0.15) is 16.7 Å². The van der Waals surface area contributed by atoms with Gasteiger partial charge in [-0.25, -0.2) is 0 Å². The van der Waals surface area contributed by atoms with E-state index in [0.717, 1.165) is 16.9 Å². The molecule has 0 aliphatic heterocycles. The molecule has 18 heavy (non-hydrogen) atoms. The minimum Gasteiger partial charge on any atom is -0.384 e. The Morgan fingerprint density at radius 3 is 2.61 bits per heavy atom. The summed E-state index contributed by atoms with van der Waals surface area (Å²) in [5, 5.41) is 7.37. The molecule has 1 aromatic carbocycles. The van der Waals surface area contributed by atoms with Crippen LogP contribution < -0.4 is 5.73 Å². The fourth-order valence-electron chi connectivity index (χ4n) is 1.40. The first-order chi connectivity index (χ1) is 8.41. The number of benzene rings is 1. The first kappa shape index (κ1) is 14.6. The van der Waals surface area contributed by atoms with Gasteiger partial charge in [0.05, 0.1) is 5.75 Å². The van der Waals surface area contributed by atoms with Gasteiger partial charge in [-0.1, -0.05) is 12.1 Å². The van der Waals surface area contributed by atoms with Gasteiger partial charge in [0.25, 0.3) is 0 Å². The average molecular weight is 265 g/mol. The summed E-state index contributed by atoms with van der Waals surface area (Å²) < 4.78 is 0. The first-order valence-electron chi connectivity index (χ1n) is 5.63. The molecular formula is C13H19N3OS. The van der Waals surface area contributed by atoms with Gasteiger partial charge in [0.1, 0.15) is 5.84 Å². The zero-order valence-corrected chi connectivity index (χ0v) is 11.8. The number of hydrogen-bond donors (Lipinski definition) is 2. The highest BCUT2D eigenvalue weighted by atomic mass is 32.2. The van der Waals surface area contributed by atoms with Gasteiger partial charge in [0.2, 0.25) is 5.91 Å². The molecule has 1 amide bonds. The van der Waals surface area contributed by atoms with Crippen LogP contribution in [0.2, 0.25) is 0 Å². The first-order valence-corrected chi connectivity index (χ1v) is 6.79. The summed E-state index contributed by atoms with van der Waals surface area (Å²) in [6, 6.07) is 5.73. The maximum absolute atomic E-state index is 11.4. The summed E-state index contributed by atoms with van der Waals surface area (Å²) >= 11 is 1.60. The summed E-state index contributed by atoms with van der Waals surface area (Å²) in [4.78, 5) is 13.0. The van der Waals surface area contributed by atoms with Crippen LogP contribution in [0, 0.1) is 12.3 Å². The van der Waals surface area contributed by atoms with Crippen LogP contribution in [0.3, 0.4) is 0 Å². The third-order valence-corrected chi connectivity index (χ3v) is 3.60. The Labute approximate surface area is 112 Å². The molecule has 5 heteroatoms. The number of amides is 1. The smallest absolute Gasteiger partial charge is 0.232 e. The molecule has 0 aliphatic carbocycles. The lowest BCUT2D eigenvalue weighted by Crippen LogP contribution is -2.23. The maximum Gasteiger partial charge on any atom is 0.232 e. The van der Waals surface area contributed by atoms with Crippen molar-refractivity contribution in [1.29, 1.82) is 5.41 Å². The lowest BCUT2D eigenvalue weighted by Gasteiger charge is -2.11. The Morgan fingerprint density at radius 1 is 1.44 bits per heavy atom. The number of rotatable bonds is 5. The van der Waals surface area contributed by atoms with Gasteiger partial charge in [-0.3, -0.25) is 10.2 Å². The normalized spacial score (nSPS) is 10.2. The molecule has 98 valence electrons. The molecule has 3 N–H and O–H groups in total. The fraction of sp³-hybridized carbons (Fsp3) is 0.385. The van der Waals surface area contributed by atoms with E-state index < -0.39 is 0 Å². The van der Waals surface area contributed by atoms with E-state index in [1.165, 1.54) is 5.56 Å². The van der Waals surface area contributed by atoms with Crippen molar-refractivity contribution in [2.24, 2.45) is 5.73 Å². The van der Waals surface area contributed by atoms with E-state index in [-0.39, 0.29) is 11.7 Å². The highest BCUT2D eigenvalue weighted by Gasteiger charge is 2.06. The van der Waals surface area contributed by atoms with Gasteiger partial charge in [0, 0.05) is 25.4 Å². The van der Waals surface area contributed by atoms with E-state index in [2.05, 4.69) is 0 Å². The van der Waals surface area contributed by atoms with Crippen LogP contribution in [-0.2, 0) is 10.5 Å². The number of nitrogen functional groups attached to an aromatic ring is 1. The van der Waals surface area contributed by atoms with Crippen LogP contribution in [-0.4, -0.2) is 36.5 Å². The molecule has 0 spiro atoms. The van der Waals surface area contributed by atoms with Crippen LogP contribution in [0.15, 0.2) is 18.2 Å². The predicted molar refractivity (Wildman–Crippen MR) is 77.1 cm³/mol. The highest BCUT2D eigenvalue weighted by Crippen LogP contribution is 2.17. The molecule has 0 saturated heterocycles. The number of carbonyl (C=O) groups is 1. The van der Waals surface area contributed by atoms with Gasteiger partial charge >= 0.3 is 0 Å². The number of thioether (sulfide) groups is 1. The summed E-state index contributed by atoms with van der Waals surface area (Å²) in [5.41, 5.74) is 8.46. The summed E-state index contributed by atoms with van der Waals surface area (Å²) in [6.07, 6.45) is 0. The van der Waals surface area contributed by atoms with E-state index in [1.54, 1.807) is 30.8 Å². The van der Waals surface area contributed by atoms with Crippen molar-refractivity contribution in [3.05, 3.63) is 34.9 Å². The standard InChI is InChI=1S/C13H19N3OS/c1-9-6-10(13(14)15)4-5-11(9)7-18-8-12(17)16(2)3/h4-6H,7-8H2,1-3H3,(H3,14,15). The number of aryl methyl sites for hydroxylation is 1. The van der Waals surface area contributed by atoms with Crippen LogP contribution in [0.5, 0.6) is 0 Å². The molecule has 0 radical (unpaired) electrons. The number of nitrogens with two attached hydrogens (primary N) is 1. The molecule has 0 saturated carbocycles. The van der Waals surface area contributed by atoms with Crippen molar-refractivity contribution in [3.8, 4) is 0 Å². The average Bonchev–Trinajstić information content (AvgIpc) is 2.30. The number of nitrogens with zero attached hydrogens (tertiary/aromatic N) is 1. The molecule has 0 fully saturated rings. The SMILES string of the molecule is Cc1cc(C(=N)N)ccc1CSCC(=O)N(C)C. The molecule has 0 aromatic heterocycles. The molecule has 0 atom stereocenters. The second-order valence-corrected chi connectivity index (χ2v) is 5.32. The lowest BCUT2D eigenvalue weighted by molar-refractivity contribution is -0.125. The molecule has 0 unspecified atom stereocenters. The summed E-state index contributed by atoms with van der Waals surface area (Å²) in [5.74, 6) is 1.49. The van der Waals surface area contributed by atoms with Crippen molar-refractivity contribution in [2.45, 2.75) is 12.7 Å². The fourth-order valence-corrected chi connectivity index (χ4v) is 2.48. The molecule has 1 rings (SSSR count). The Morgan fingerprint density at radius 2 is 2.11 bits per heavy atom. The number of hydrogen-bond acceptors (Lipinski definition) is 3.